The van der Waals surface area contributed by atoms with Gasteiger partial charge in [0, 0.05) is 39.3 Å². The topological polar surface area (TPSA) is 78.3 Å². The number of nitrogens with one attached hydrogen (secondary N) is 1. The van der Waals surface area contributed by atoms with Gasteiger partial charge in [0.05, 0.1) is 19.8 Å². The molecule has 8 nitrogen and oxygen atoms in total. The van der Waals surface area contributed by atoms with Gasteiger partial charge in [-0.1, -0.05) is 30.3 Å². The molecule has 0 spiro atoms. The SMILES string of the molecule is CCNC(=O)N(CCN1CCOCC1)CC(=O)N(Cc1ccccc1)Cc1ccc(C)o1. The zero-order chi connectivity index (χ0) is 22.8. The molecule has 0 saturated carbocycles. The Morgan fingerprint density at radius 3 is 2.44 bits per heavy atom. The fourth-order valence-electron chi connectivity index (χ4n) is 3.66. The number of hydrogen-bond acceptors (Lipinski definition) is 5. The Morgan fingerprint density at radius 1 is 1.03 bits per heavy atom. The lowest BCUT2D eigenvalue weighted by atomic mass is 10.2. The van der Waals surface area contributed by atoms with Crippen molar-refractivity contribution in [2.75, 3.05) is 52.5 Å². The molecule has 1 saturated heterocycles. The van der Waals surface area contributed by atoms with Crippen LogP contribution in [0.1, 0.15) is 24.0 Å². The van der Waals surface area contributed by atoms with Crippen LogP contribution in [-0.2, 0) is 22.6 Å². The summed E-state index contributed by atoms with van der Waals surface area (Å²) in [6.07, 6.45) is 0. The summed E-state index contributed by atoms with van der Waals surface area (Å²) >= 11 is 0. The highest BCUT2D eigenvalue weighted by Crippen LogP contribution is 2.14. The molecule has 2 aromatic rings. The minimum atomic E-state index is -0.220. The van der Waals surface area contributed by atoms with Crippen LogP contribution in [0.5, 0.6) is 0 Å². The molecule has 1 aliphatic heterocycles. The predicted octanol–water partition coefficient (Wildman–Crippen LogP) is 2.48. The number of morpholine rings is 1. The number of benzene rings is 1. The number of urea groups is 1. The van der Waals surface area contributed by atoms with Crippen LogP contribution in [0.3, 0.4) is 0 Å². The maximum absolute atomic E-state index is 13.4. The van der Waals surface area contributed by atoms with Crippen molar-refractivity contribution in [3.8, 4) is 0 Å². The minimum Gasteiger partial charge on any atom is -0.464 e. The molecule has 0 aliphatic carbocycles. The van der Waals surface area contributed by atoms with Gasteiger partial charge in [0.1, 0.15) is 18.1 Å². The van der Waals surface area contributed by atoms with Crippen LogP contribution in [-0.4, -0.2) is 79.1 Å². The Kier molecular flexibility index (Phi) is 9.13. The van der Waals surface area contributed by atoms with E-state index in [1.165, 1.54) is 0 Å². The van der Waals surface area contributed by atoms with Crippen molar-refractivity contribution in [2.45, 2.75) is 26.9 Å². The molecule has 32 heavy (non-hydrogen) atoms. The largest absolute Gasteiger partial charge is 0.464 e. The van der Waals surface area contributed by atoms with Crippen LogP contribution >= 0.6 is 0 Å². The van der Waals surface area contributed by atoms with E-state index in [9.17, 15) is 9.59 Å². The van der Waals surface area contributed by atoms with Crippen molar-refractivity contribution < 1.29 is 18.7 Å². The first-order valence-corrected chi connectivity index (χ1v) is 11.2. The number of amides is 3. The van der Waals surface area contributed by atoms with E-state index in [1.54, 1.807) is 9.80 Å². The third-order valence-corrected chi connectivity index (χ3v) is 5.44. The van der Waals surface area contributed by atoms with E-state index in [0.29, 0.717) is 45.9 Å². The highest BCUT2D eigenvalue weighted by atomic mass is 16.5. The summed E-state index contributed by atoms with van der Waals surface area (Å²) in [7, 11) is 0. The normalized spacial score (nSPS) is 14.2. The second kappa shape index (κ2) is 12.3. The van der Waals surface area contributed by atoms with Crippen LogP contribution in [0.2, 0.25) is 0 Å². The third-order valence-electron chi connectivity index (χ3n) is 5.44. The molecule has 1 N–H and O–H groups in total. The maximum atomic E-state index is 13.4. The minimum absolute atomic E-state index is 0.0166. The summed E-state index contributed by atoms with van der Waals surface area (Å²) in [5, 5.41) is 2.83. The summed E-state index contributed by atoms with van der Waals surface area (Å²) in [4.78, 5) is 31.6. The number of nitrogens with zero attached hydrogens (tertiary/aromatic N) is 3. The number of hydrogen-bond donors (Lipinski definition) is 1. The lowest BCUT2D eigenvalue weighted by Crippen LogP contribution is -2.49. The van der Waals surface area contributed by atoms with Crippen LogP contribution in [0.4, 0.5) is 4.79 Å². The fourth-order valence-corrected chi connectivity index (χ4v) is 3.66. The number of carbonyl (C=O) groups excluding carboxylic acids is 2. The van der Waals surface area contributed by atoms with Gasteiger partial charge in [-0.05, 0) is 31.5 Å². The zero-order valence-corrected chi connectivity index (χ0v) is 19.1. The Labute approximate surface area is 190 Å². The van der Waals surface area contributed by atoms with Gasteiger partial charge in [-0.2, -0.15) is 0 Å². The Bertz CT molecular complexity index is 849. The zero-order valence-electron chi connectivity index (χ0n) is 19.1. The average Bonchev–Trinajstić information content (AvgIpc) is 3.22. The molecule has 1 aromatic carbocycles. The lowest BCUT2D eigenvalue weighted by molar-refractivity contribution is -0.133. The van der Waals surface area contributed by atoms with Gasteiger partial charge in [-0.25, -0.2) is 4.79 Å². The summed E-state index contributed by atoms with van der Waals surface area (Å²) in [5.41, 5.74) is 1.03. The average molecular weight is 443 g/mol. The monoisotopic (exact) mass is 442 g/mol. The maximum Gasteiger partial charge on any atom is 0.317 e. The van der Waals surface area contributed by atoms with Crippen molar-refractivity contribution >= 4 is 11.9 Å². The Balaban J connectivity index is 1.69. The molecule has 0 radical (unpaired) electrons. The number of aryl methyl sites for hydroxylation is 1. The van der Waals surface area contributed by atoms with Crippen molar-refractivity contribution in [1.82, 2.24) is 20.0 Å². The van der Waals surface area contributed by atoms with E-state index in [2.05, 4.69) is 10.2 Å². The van der Waals surface area contributed by atoms with Crippen molar-refractivity contribution in [1.29, 1.82) is 0 Å². The van der Waals surface area contributed by atoms with Crippen LogP contribution in [0, 0.1) is 6.92 Å². The number of rotatable bonds is 10. The standard InChI is InChI=1S/C24H34N4O4/c1-3-25-24(30)27(12-11-26-13-15-31-16-14-26)19-23(29)28(17-21-7-5-4-6-8-21)18-22-10-9-20(2)32-22/h4-10H,3,11-19H2,1-2H3,(H,25,30). The summed E-state index contributed by atoms with van der Waals surface area (Å²) in [6, 6.07) is 13.4. The van der Waals surface area contributed by atoms with Gasteiger partial charge < -0.3 is 24.3 Å². The molecule has 8 heteroatoms. The molecular formula is C24H34N4O4. The number of carbonyl (C=O) groups is 2. The molecule has 0 unspecified atom stereocenters. The first kappa shape index (κ1) is 23.8. The summed E-state index contributed by atoms with van der Waals surface area (Å²) < 4.78 is 11.1. The molecule has 1 aliphatic rings. The molecular weight excluding hydrogens is 408 g/mol. The van der Waals surface area contributed by atoms with Crippen molar-refractivity contribution in [2.24, 2.45) is 0 Å². The molecule has 3 rings (SSSR count). The fraction of sp³-hybridized carbons (Fsp3) is 0.500. The first-order valence-electron chi connectivity index (χ1n) is 11.2. The van der Waals surface area contributed by atoms with E-state index in [-0.39, 0.29) is 18.5 Å². The second-order valence-electron chi connectivity index (χ2n) is 7.96. The van der Waals surface area contributed by atoms with Crippen LogP contribution in [0.15, 0.2) is 46.9 Å². The lowest BCUT2D eigenvalue weighted by Gasteiger charge is -2.31. The molecule has 2 heterocycles. The number of furan rings is 1. The van der Waals surface area contributed by atoms with Gasteiger partial charge in [0.2, 0.25) is 5.91 Å². The van der Waals surface area contributed by atoms with Gasteiger partial charge in [-0.15, -0.1) is 0 Å². The van der Waals surface area contributed by atoms with Crippen LogP contribution < -0.4 is 5.32 Å². The molecule has 0 bridgehead atoms. The summed E-state index contributed by atoms with van der Waals surface area (Å²) in [6.45, 7) is 9.38. The van der Waals surface area contributed by atoms with Gasteiger partial charge in [-0.3, -0.25) is 9.69 Å². The van der Waals surface area contributed by atoms with Gasteiger partial charge in [0.15, 0.2) is 0 Å². The molecule has 1 aromatic heterocycles. The third kappa shape index (κ3) is 7.39. The smallest absolute Gasteiger partial charge is 0.317 e. The molecule has 1 fully saturated rings. The van der Waals surface area contributed by atoms with Gasteiger partial charge in [0.25, 0.3) is 0 Å². The Morgan fingerprint density at radius 2 is 1.78 bits per heavy atom. The summed E-state index contributed by atoms with van der Waals surface area (Å²) in [5.74, 6) is 1.42. The number of ether oxygens (including phenoxy) is 1. The van der Waals surface area contributed by atoms with E-state index >= 15 is 0 Å². The molecule has 3 amide bonds. The quantitative estimate of drug-likeness (QED) is 0.612. The predicted molar refractivity (Wildman–Crippen MR) is 122 cm³/mol. The molecule has 0 atom stereocenters. The first-order chi connectivity index (χ1) is 15.5. The highest BCUT2D eigenvalue weighted by Gasteiger charge is 2.23. The van der Waals surface area contributed by atoms with E-state index in [1.807, 2.05) is 56.3 Å². The van der Waals surface area contributed by atoms with E-state index in [4.69, 9.17) is 9.15 Å². The van der Waals surface area contributed by atoms with Crippen molar-refractivity contribution in [3.63, 3.8) is 0 Å². The Hall–Kier alpha value is -2.84. The second-order valence-corrected chi connectivity index (χ2v) is 7.96. The van der Waals surface area contributed by atoms with Gasteiger partial charge >= 0.3 is 6.03 Å². The van der Waals surface area contributed by atoms with E-state index in [0.717, 1.165) is 30.2 Å². The van der Waals surface area contributed by atoms with E-state index < -0.39 is 0 Å². The molecule has 174 valence electrons. The van der Waals surface area contributed by atoms with Crippen LogP contribution in [0.25, 0.3) is 0 Å². The van der Waals surface area contributed by atoms with Crippen molar-refractivity contribution in [3.05, 3.63) is 59.5 Å². The highest BCUT2D eigenvalue weighted by molar-refractivity contribution is 5.84.